The molecule has 82 valence electrons. The van der Waals surface area contributed by atoms with Crippen LogP contribution >= 0.6 is 0 Å². The maximum atomic E-state index is 5.60. The maximum absolute atomic E-state index is 5.60. The molecule has 0 radical (unpaired) electrons. The Morgan fingerprint density at radius 2 is 2.13 bits per heavy atom. The molecule has 0 amide bonds. The Kier molecular flexibility index (Phi) is 3.04. The fourth-order valence-corrected chi connectivity index (χ4v) is 2.23. The van der Waals surface area contributed by atoms with Crippen molar-refractivity contribution in [3.8, 4) is 0 Å². The van der Waals surface area contributed by atoms with E-state index in [0.29, 0.717) is 5.82 Å². The van der Waals surface area contributed by atoms with Gasteiger partial charge in [0.25, 0.3) is 0 Å². The lowest BCUT2D eigenvalue weighted by Crippen LogP contribution is -2.25. The number of rotatable bonds is 3. The fourth-order valence-electron chi connectivity index (χ4n) is 2.23. The second-order valence-electron chi connectivity index (χ2n) is 4.33. The molecule has 0 unspecified atom stereocenters. The SMILES string of the molecule is CN(CC1CCCC1)c1cncc(N)n1. The third-order valence-electron chi connectivity index (χ3n) is 3.04. The minimum Gasteiger partial charge on any atom is -0.382 e. The average Bonchev–Trinajstić information content (AvgIpc) is 2.70. The van der Waals surface area contributed by atoms with E-state index in [-0.39, 0.29) is 0 Å². The smallest absolute Gasteiger partial charge is 0.149 e. The van der Waals surface area contributed by atoms with Gasteiger partial charge in [-0.05, 0) is 18.8 Å². The summed E-state index contributed by atoms with van der Waals surface area (Å²) in [6.45, 7) is 1.07. The summed E-state index contributed by atoms with van der Waals surface area (Å²) in [5.41, 5.74) is 5.60. The van der Waals surface area contributed by atoms with E-state index in [9.17, 15) is 0 Å². The molecule has 0 saturated heterocycles. The van der Waals surface area contributed by atoms with Gasteiger partial charge in [0.2, 0.25) is 0 Å². The third kappa shape index (κ3) is 2.58. The number of nitrogens with zero attached hydrogens (tertiary/aromatic N) is 3. The van der Waals surface area contributed by atoms with Gasteiger partial charge in [0, 0.05) is 13.6 Å². The lowest BCUT2D eigenvalue weighted by molar-refractivity contribution is 0.545. The molecule has 0 atom stereocenters. The first kappa shape index (κ1) is 10.2. The van der Waals surface area contributed by atoms with Crippen molar-refractivity contribution in [2.75, 3.05) is 24.2 Å². The van der Waals surface area contributed by atoms with Crippen LogP contribution in [0.15, 0.2) is 12.4 Å². The molecule has 4 nitrogen and oxygen atoms in total. The van der Waals surface area contributed by atoms with Crippen LogP contribution in [0.4, 0.5) is 11.6 Å². The van der Waals surface area contributed by atoms with Crippen LogP contribution in [0, 0.1) is 5.92 Å². The molecule has 4 heteroatoms. The minimum atomic E-state index is 0.491. The van der Waals surface area contributed by atoms with Gasteiger partial charge in [-0.15, -0.1) is 0 Å². The van der Waals surface area contributed by atoms with Crippen LogP contribution in [0.5, 0.6) is 0 Å². The normalized spacial score (nSPS) is 16.9. The van der Waals surface area contributed by atoms with Crippen molar-refractivity contribution < 1.29 is 0 Å². The summed E-state index contributed by atoms with van der Waals surface area (Å²) in [4.78, 5) is 10.5. The maximum Gasteiger partial charge on any atom is 0.149 e. The molecule has 0 aliphatic heterocycles. The standard InChI is InChI=1S/C11H18N4/c1-15(8-9-4-2-3-5-9)11-7-13-6-10(12)14-11/h6-7,9H,2-5,8H2,1H3,(H2,12,14). The summed E-state index contributed by atoms with van der Waals surface area (Å²) in [6, 6.07) is 0. The van der Waals surface area contributed by atoms with E-state index in [1.807, 2.05) is 0 Å². The molecule has 0 spiro atoms. The zero-order chi connectivity index (χ0) is 10.7. The number of nitrogens with two attached hydrogens (primary N) is 1. The molecule has 1 aliphatic carbocycles. The van der Waals surface area contributed by atoms with Gasteiger partial charge in [-0.3, -0.25) is 4.98 Å². The van der Waals surface area contributed by atoms with Crippen molar-refractivity contribution >= 4 is 11.6 Å². The molecule has 1 aromatic heterocycles. The van der Waals surface area contributed by atoms with E-state index in [1.54, 1.807) is 12.4 Å². The summed E-state index contributed by atoms with van der Waals surface area (Å²) in [5, 5.41) is 0. The van der Waals surface area contributed by atoms with Crippen molar-refractivity contribution in [1.29, 1.82) is 0 Å². The molecule has 1 saturated carbocycles. The predicted molar refractivity (Wildman–Crippen MR) is 61.7 cm³/mol. The van der Waals surface area contributed by atoms with Crippen LogP contribution in [0.2, 0.25) is 0 Å². The van der Waals surface area contributed by atoms with Gasteiger partial charge in [0.05, 0.1) is 12.4 Å². The van der Waals surface area contributed by atoms with Gasteiger partial charge in [-0.25, -0.2) is 4.98 Å². The molecule has 1 aliphatic rings. The molecule has 1 aromatic rings. The molecule has 0 aromatic carbocycles. The molecular weight excluding hydrogens is 188 g/mol. The Labute approximate surface area is 90.5 Å². The summed E-state index contributed by atoms with van der Waals surface area (Å²) in [7, 11) is 2.06. The third-order valence-corrected chi connectivity index (χ3v) is 3.04. The molecule has 2 N–H and O–H groups in total. The van der Waals surface area contributed by atoms with E-state index in [2.05, 4.69) is 21.9 Å². The number of hydrogen-bond acceptors (Lipinski definition) is 4. The first-order chi connectivity index (χ1) is 7.25. The zero-order valence-corrected chi connectivity index (χ0v) is 9.19. The molecule has 2 rings (SSSR count). The second-order valence-corrected chi connectivity index (χ2v) is 4.33. The van der Waals surface area contributed by atoms with E-state index >= 15 is 0 Å². The van der Waals surface area contributed by atoms with Gasteiger partial charge < -0.3 is 10.6 Å². The highest BCUT2D eigenvalue weighted by Crippen LogP contribution is 2.26. The highest BCUT2D eigenvalue weighted by atomic mass is 15.2. The van der Waals surface area contributed by atoms with Crippen molar-refractivity contribution in [2.24, 2.45) is 5.92 Å². The Hall–Kier alpha value is -1.32. The summed E-state index contributed by atoms with van der Waals surface area (Å²) < 4.78 is 0. The zero-order valence-electron chi connectivity index (χ0n) is 9.19. The van der Waals surface area contributed by atoms with Crippen LogP contribution < -0.4 is 10.6 Å². The Morgan fingerprint density at radius 3 is 2.80 bits per heavy atom. The van der Waals surface area contributed by atoms with Crippen molar-refractivity contribution in [2.45, 2.75) is 25.7 Å². The highest BCUT2D eigenvalue weighted by Gasteiger charge is 2.17. The average molecular weight is 206 g/mol. The molecular formula is C11H18N4. The Balaban J connectivity index is 1.97. The van der Waals surface area contributed by atoms with Crippen LogP contribution in [0.3, 0.4) is 0 Å². The molecule has 1 fully saturated rings. The fraction of sp³-hybridized carbons (Fsp3) is 0.636. The molecule has 0 bridgehead atoms. The first-order valence-electron chi connectivity index (χ1n) is 5.54. The van der Waals surface area contributed by atoms with E-state index < -0.39 is 0 Å². The summed E-state index contributed by atoms with van der Waals surface area (Å²) in [6.07, 6.45) is 8.79. The lowest BCUT2D eigenvalue weighted by Gasteiger charge is -2.21. The second kappa shape index (κ2) is 4.47. The number of anilines is 2. The summed E-state index contributed by atoms with van der Waals surface area (Å²) >= 11 is 0. The van der Waals surface area contributed by atoms with Gasteiger partial charge in [0.1, 0.15) is 11.6 Å². The van der Waals surface area contributed by atoms with Crippen LogP contribution in [-0.2, 0) is 0 Å². The van der Waals surface area contributed by atoms with E-state index in [0.717, 1.165) is 18.3 Å². The lowest BCUT2D eigenvalue weighted by atomic mass is 10.1. The van der Waals surface area contributed by atoms with Crippen molar-refractivity contribution in [3.63, 3.8) is 0 Å². The topological polar surface area (TPSA) is 55.0 Å². The number of hydrogen-bond donors (Lipinski definition) is 1. The number of nitrogen functional groups attached to an aromatic ring is 1. The first-order valence-corrected chi connectivity index (χ1v) is 5.54. The van der Waals surface area contributed by atoms with Crippen LogP contribution in [-0.4, -0.2) is 23.6 Å². The Bertz CT molecular complexity index is 320. The Morgan fingerprint density at radius 1 is 1.40 bits per heavy atom. The van der Waals surface area contributed by atoms with Crippen LogP contribution in [0.25, 0.3) is 0 Å². The quantitative estimate of drug-likeness (QED) is 0.817. The largest absolute Gasteiger partial charge is 0.382 e. The monoisotopic (exact) mass is 206 g/mol. The summed E-state index contributed by atoms with van der Waals surface area (Å²) in [5.74, 6) is 2.19. The van der Waals surface area contributed by atoms with Crippen LogP contribution in [0.1, 0.15) is 25.7 Å². The van der Waals surface area contributed by atoms with Crippen molar-refractivity contribution in [1.82, 2.24) is 9.97 Å². The van der Waals surface area contributed by atoms with Gasteiger partial charge in [-0.2, -0.15) is 0 Å². The van der Waals surface area contributed by atoms with Gasteiger partial charge >= 0.3 is 0 Å². The molecule has 1 heterocycles. The van der Waals surface area contributed by atoms with Gasteiger partial charge in [-0.1, -0.05) is 12.8 Å². The van der Waals surface area contributed by atoms with Crippen molar-refractivity contribution in [3.05, 3.63) is 12.4 Å². The van der Waals surface area contributed by atoms with E-state index in [1.165, 1.54) is 25.7 Å². The number of aromatic nitrogens is 2. The van der Waals surface area contributed by atoms with Gasteiger partial charge in [0.15, 0.2) is 0 Å². The highest BCUT2D eigenvalue weighted by molar-refractivity contribution is 5.40. The predicted octanol–water partition coefficient (Wildman–Crippen LogP) is 1.69. The van der Waals surface area contributed by atoms with E-state index in [4.69, 9.17) is 5.73 Å². The molecule has 15 heavy (non-hydrogen) atoms. The minimum absolute atomic E-state index is 0.491.